The van der Waals surface area contributed by atoms with Crippen LogP contribution in [0, 0.1) is 57.2 Å². The molecule has 2 rings (SSSR count). The van der Waals surface area contributed by atoms with E-state index in [1.54, 1.807) is 0 Å². The molecule has 0 bridgehead atoms. The summed E-state index contributed by atoms with van der Waals surface area (Å²) in [5.41, 5.74) is 9.54. The Kier molecular flexibility index (Phi) is 25.4. The number of nitrogens with one attached hydrogen (secondary N) is 2. The van der Waals surface area contributed by atoms with Crippen LogP contribution in [0.2, 0.25) is 0 Å². The van der Waals surface area contributed by atoms with Crippen molar-refractivity contribution < 1.29 is 28.5 Å². The lowest BCUT2D eigenvalue weighted by Gasteiger charge is -2.30. The van der Waals surface area contributed by atoms with Gasteiger partial charge in [-0.1, -0.05) is 135 Å². The Morgan fingerprint density at radius 3 is 1.09 bits per heavy atom. The molecule has 0 aromatic heterocycles. The lowest BCUT2D eigenvalue weighted by Crippen LogP contribution is -2.37. The Labute approximate surface area is 404 Å². The first-order chi connectivity index (χ1) is 30.6. The quantitative estimate of drug-likeness (QED) is 0.0667. The fourth-order valence-corrected chi connectivity index (χ4v) is 9.92. The molecule has 4 N–H and O–H groups in total. The van der Waals surface area contributed by atoms with Gasteiger partial charge in [0.25, 0.3) is 0 Å². The van der Waals surface area contributed by atoms with E-state index in [9.17, 15) is 9.59 Å². The van der Waals surface area contributed by atoms with E-state index in [0.717, 1.165) is 74.0 Å². The number of rotatable bonds is 30. The minimum absolute atomic E-state index is 0.00352. The average molecular weight is 922 g/mol. The van der Waals surface area contributed by atoms with Gasteiger partial charge < -0.3 is 35.3 Å². The van der Waals surface area contributed by atoms with Gasteiger partial charge in [0.15, 0.2) is 0 Å². The average Bonchev–Trinajstić information content (AvgIpc) is 3.17. The molecule has 0 fully saturated rings. The van der Waals surface area contributed by atoms with Crippen LogP contribution in [-0.2, 0) is 19.1 Å². The number of nitrogens with two attached hydrogens (primary N) is 1. The van der Waals surface area contributed by atoms with Crippen LogP contribution in [0.25, 0.3) is 0 Å². The first-order valence-corrected chi connectivity index (χ1v) is 25.5. The Balaban J connectivity index is 1.71. The predicted molar refractivity (Wildman–Crippen MR) is 276 cm³/mol. The van der Waals surface area contributed by atoms with E-state index >= 15 is 0 Å². The van der Waals surface area contributed by atoms with Gasteiger partial charge in [-0.3, -0.25) is 9.59 Å². The highest BCUT2D eigenvalue weighted by Crippen LogP contribution is 2.36. The maximum absolute atomic E-state index is 13.4. The Bertz CT molecular complexity index is 1510. The van der Waals surface area contributed by atoms with Gasteiger partial charge in [0.2, 0.25) is 11.8 Å². The largest absolute Gasteiger partial charge is 0.491 e. The molecule has 0 saturated carbocycles. The van der Waals surface area contributed by atoms with E-state index in [0.29, 0.717) is 87.2 Å². The first kappa shape index (κ1) is 59.0. The summed E-state index contributed by atoms with van der Waals surface area (Å²) in [4.78, 5) is 26.8. The first-order valence-electron chi connectivity index (χ1n) is 25.5. The van der Waals surface area contributed by atoms with E-state index in [1.807, 2.05) is 48.5 Å². The van der Waals surface area contributed by atoms with Gasteiger partial charge in [-0.25, -0.2) is 0 Å². The van der Waals surface area contributed by atoms with Gasteiger partial charge >= 0.3 is 0 Å². The summed E-state index contributed by atoms with van der Waals surface area (Å²) in [6, 6.07) is 15.4. The zero-order valence-electron chi connectivity index (χ0n) is 45.0. The topological polar surface area (TPSA) is 121 Å². The summed E-state index contributed by atoms with van der Waals surface area (Å²) in [6.45, 7) is 39.9. The summed E-state index contributed by atoms with van der Waals surface area (Å²) in [5, 5.41) is 6.32. The van der Waals surface area contributed by atoms with Crippen LogP contribution in [0.15, 0.2) is 48.5 Å². The molecule has 0 saturated heterocycles. The highest BCUT2D eigenvalue weighted by Gasteiger charge is 2.31. The van der Waals surface area contributed by atoms with E-state index in [2.05, 4.69) is 121 Å². The van der Waals surface area contributed by atoms with E-state index < -0.39 is 0 Å². The highest BCUT2D eigenvalue weighted by molar-refractivity contribution is 5.79. The third kappa shape index (κ3) is 26.4. The Morgan fingerprint density at radius 1 is 0.470 bits per heavy atom. The molecule has 9 nitrogen and oxygen atoms in total. The van der Waals surface area contributed by atoms with E-state index in [1.165, 1.54) is 0 Å². The van der Waals surface area contributed by atoms with Crippen LogP contribution in [-0.4, -0.2) is 64.5 Å². The lowest BCUT2D eigenvalue weighted by molar-refractivity contribution is -0.128. The standard InChI is InChI=1S/C57H99N3O6/c1-41(37-54(5,6)7)17-27-49(43(3)39-56(11,12)13)52(61)59-29-31-63-33-35-65-47-23-19-45(20-24-47)51(58)46-21-25-48(26-22-46)66-36-34-64-32-30-60-53(62)50(44(4)40-57(14,15)16)28-18-42(2)38-55(8,9)10/h19-26,41-44,49-51H,17-18,27-40,58H2,1-16H3,(H,59,61)(H,60,62). The molecule has 0 aliphatic carbocycles. The molecule has 6 atom stereocenters. The van der Waals surface area contributed by atoms with Gasteiger partial charge in [-0.15, -0.1) is 0 Å². The second kappa shape index (κ2) is 28.4. The summed E-state index contributed by atoms with van der Waals surface area (Å²) in [5.74, 6) is 3.59. The SMILES string of the molecule is CC(CCC(C(=O)NCCOCCOc1ccc(C(N)c2ccc(OCCOCCNC(=O)C(CCC(C)CC(C)(C)C)C(C)CC(C)(C)C)cc2)cc1)C(C)CC(C)(C)C)CC(C)(C)C. The monoisotopic (exact) mass is 922 g/mol. The Hall–Kier alpha value is -3.14. The molecular weight excluding hydrogens is 823 g/mol. The summed E-state index contributed by atoms with van der Waals surface area (Å²) in [6.07, 6.45) is 8.31. The number of ether oxygens (including phenoxy) is 4. The minimum atomic E-state index is -0.295. The van der Waals surface area contributed by atoms with Crippen molar-refractivity contribution in [2.45, 2.75) is 168 Å². The normalized spacial score (nSPS) is 15.8. The van der Waals surface area contributed by atoms with Crippen LogP contribution in [0.1, 0.15) is 179 Å². The molecule has 66 heavy (non-hydrogen) atoms. The van der Waals surface area contributed by atoms with Crippen molar-refractivity contribution in [3.05, 3.63) is 59.7 Å². The summed E-state index contributed by atoms with van der Waals surface area (Å²) < 4.78 is 23.5. The fraction of sp³-hybridized carbons (Fsp3) is 0.754. The molecule has 2 amide bonds. The predicted octanol–water partition coefficient (Wildman–Crippen LogP) is 12.8. The molecule has 2 aromatic carbocycles. The van der Waals surface area contributed by atoms with Crippen molar-refractivity contribution in [1.29, 1.82) is 0 Å². The van der Waals surface area contributed by atoms with Gasteiger partial charge in [0, 0.05) is 24.9 Å². The highest BCUT2D eigenvalue weighted by atomic mass is 16.5. The zero-order chi connectivity index (χ0) is 49.7. The third-order valence-electron chi connectivity index (χ3n) is 12.3. The molecule has 0 aliphatic rings. The van der Waals surface area contributed by atoms with Crippen molar-refractivity contribution in [2.75, 3.05) is 52.7 Å². The molecule has 0 heterocycles. The van der Waals surface area contributed by atoms with Crippen molar-refractivity contribution in [1.82, 2.24) is 10.6 Å². The van der Waals surface area contributed by atoms with Crippen LogP contribution in [0.5, 0.6) is 11.5 Å². The van der Waals surface area contributed by atoms with Crippen molar-refractivity contribution in [2.24, 2.45) is 62.9 Å². The summed E-state index contributed by atoms with van der Waals surface area (Å²) in [7, 11) is 0. The molecule has 0 aliphatic heterocycles. The molecule has 6 unspecified atom stereocenters. The maximum Gasteiger partial charge on any atom is 0.223 e. The number of benzene rings is 2. The van der Waals surface area contributed by atoms with Gasteiger partial charge in [0.1, 0.15) is 24.7 Å². The van der Waals surface area contributed by atoms with Crippen molar-refractivity contribution in [3.8, 4) is 11.5 Å². The molecule has 378 valence electrons. The second-order valence-corrected chi connectivity index (χ2v) is 24.7. The van der Waals surface area contributed by atoms with E-state index in [-0.39, 0.29) is 40.5 Å². The third-order valence-corrected chi connectivity index (χ3v) is 12.3. The van der Waals surface area contributed by atoms with Crippen LogP contribution in [0.4, 0.5) is 0 Å². The number of carbonyl (C=O) groups excluding carboxylic acids is 2. The molecule has 9 heteroatoms. The van der Waals surface area contributed by atoms with Gasteiger partial charge in [-0.05, 0) is 132 Å². The molecule has 0 spiro atoms. The van der Waals surface area contributed by atoms with Gasteiger partial charge in [0.05, 0.1) is 32.5 Å². The summed E-state index contributed by atoms with van der Waals surface area (Å²) >= 11 is 0. The van der Waals surface area contributed by atoms with Gasteiger partial charge in [-0.2, -0.15) is 0 Å². The van der Waals surface area contributed by atoms with Crippen LogP contribution < -0.4 is 25.8 Å². The smallest absolute Gasteiger partial charge is 0.223 e. The van der Waals surface area contributed by atoms with Crippen LogP contribution >= 0.6 is 0 Å². The number of amides is 2. The second-order valence-electron chi connectivity index (χ2n) is 24.7. The number of hydrogen-bond donors (Lipinski definition) is 3. The van der Waals surface area contributed by atoms with Crippen molar-refractivity contribution >= 4 is 11.8 Å². The minimum Gasteiger partial charge on any atom is -0.491 e. The van der Waals surface area contributed by atoms with Crippen LogP contribution in [0.3, 0.4) is 0 Å². The maximum atomic E-state index is 13.4. The number of carbonyl (C=O) groups is 2. The fourth-order valence-electron chi connectivity index (χ4n) is 9.92. The lowest BCUT2D eigenvalue weighted by atomic mass is 9.76. The zero-order valence-corrected chi connectivity index (χ0v) is 45.0. The molecule has 2 aromatic rings. The molecular formula is C57H99N3O6. The Morgan fingerprint density at radius 2 is 0.788 bits per heavy atom. The number of hydrogen-bond acceptors (Lipinski definition) is 7. The van der Waals surface area contributed by atoms with E-state index in [4.69, 9.17) is 24.7 Å². The van der Waals surface area contributed by atoms with Crippen molar-refractivity contribution in [3.63, 3.8) is 0 Å². The molecule has 0 radical (unpaired) electrons.